The molecule has 1 aromatic heterocycles. The number of hydrogen-bond donors (Lipinski definition) is 1. The number of phenols is 1. The van der Waals surface area contributed by atoms with Crippen LogP contribution in [0.15, 0.2) is 47.1 Å². The van der Waals surface area contributed by atoms with Gasteiger partial charge < -0.3 is 24.1 Å². The van der Waals surface area contributed by atoms with Crippen LogP contribution < -0.4 is 0 Å². The summed E-state index contributed by atoms with van der Waals surface area (Å²) in [5.41, 5.74) is 0.254. The Morgan fingerprint density at radius 1 is 1.00 bits per heavy atom. The molecule has 1 aromatic carbocycles. The minimum atomic E-state index is -0.634. The topological polar surface area (TPSA) is 100 Å². The number of amides is 2. The number of piperazine rings is 1. The Hall–Kier alpha value is -3.29. The van der Waals surface area contributed by atoms with E-state index in [2.05, 4.69) is 0 Å². The molecular weight excluding hydrogens is 340 g/mol. The Labute approximate surface area is 149 Å². The van der Waals surface area contributed by atoms with Crippen LogP contribution in [0.5, 0.6) is 5.75 Å². The minimum absolute atomic E-state index is 0.0413. The lowest BCUT2D eigenvalue weighted by molar-refractivity contribution is -0.136. The monoisotopic (exact) mass is 358 g/mol. The van der Waals surface area contributed by atoms with Gasteiger partial charge in [-0.1, -0.05) is 0 Å². The number of rotatable bonds is 4. The van der Waals surface area contributed by atoms with Crippen molar-refractivity contribution < 1.29 is 28.6 Å². The predicted octanol–water partition coefficient (Wildman–Crippen LogP) is 1.13. The number of carbonyl (C=O) groups excluding carboxylic acids is 3. The Kier molecular flexibility index (Phi) is 5.21. The molecule has 8 heteroatoms. The molecule has 1 aliphatic rings. The maximum atomic E-state index is 12.2. The highest BCUT2D eigenvalue weighted by molar-refractivity contribution is 5.92. The average molecular weight is 358 g/mol. The molecule has 0 aliphatic carbocycles. The summed E-state index contributed by atoms with van der Waals surface area (Å²) in [6.07, 6.45) is 1.44. The first-order chi connectivity index (χ1) is 12.5. The smallest absolute Gasteiger partial charge is 0.338 e. The normalized spacial score (nSPS) is 14.2. The molecule has 2 aromatic rings. The van der Waals surface area contributed by atoms with Gasteiger partial charge in [0.25, 0.3) is 11.8 Å². The van der Waals surface area contributed by atoms with Gasteiger partial charge in [-0.15, -0.1) is 0 Å². The largest absolute Gasteiger partial charge is 0.508 e. The molecule has 2 heterocycles. The van der Waals surface area contributed by atoms with Crippen molar-refractivity contribution in [3.8, 4) is 5.75 Å². The van der Waals surface area contributed by atoms with Crippen molar-refractivity contribution in [2.75, 3.05) is 32.8 Å². The summed E-state index contributed by atoms with van der Waals surface area (Å²) in [4.78, 5) is 39.4. The van der Waals surface area contributed by atoms with Gasteiger partial charge >= 0.3 is 5.97 Å². The molecule has 0 spiro atoms. The summed E-state index contributed by atoms with van der Waals surface area (Å²) >= 11 is 0. The van der Waals surface area contributed by atoms with E-state index in [1.165, 1.54) is 30.5 Å². The van der Waals surface area contributed by atoms with Crippen molar-refractivity contribution >= 4 is 17.8 Å². The number of furan rings is 1. The van der Waals surface area contributed by atoms with Gasteiger partial charge in [0.1, 0.15) is 5.75 Å². The van der Waals surface area contributed by atoms with Gasteiger partial charge in [-0.3, -0.25) is 9.59 Å². The van der Waals surface area contributed by atoms with Gasteiger partial charge in [-0.25, -0.2) is 4.79 Å². The molecule has 1 saturated heterocycles. The van der Waals surface area contributed by atoms with E-state index in [1.54, 1.807) is 21.9 Å². The third-order valence-corrected chi connectivity index (χ3v) is 4.08. The summed E-state index contributed by atoms with van der Waals surface area (Å²) < 4.78 is 10.1. The Morgan fingerprint density at radius 3 is 2.27 bits per heavy atom. The van der Waals surface area contributed by atoms with E-state index in [9.17, 15) is 19.5 Å². The van der Waals surface area contributed by atoms with Crippen LogP contribution in [0, 0.1) is 0 Å². The molecule has 1 aliphatic heterocycles. The van der Waals surface area contributed by atoms with Crippen LogP contribution >= 0.6 is 0 Å². The molecule has 0 radical (unpaired) electrons. The third kappa shape index (κ3) is 4.02. The second-order valence-electron chi connectivity index (χ2n) is 5.77. The molecule has 0 saturated carbocycles. The second kappa shape index (κ2) is 7.73. The number of carbonyl (C=O) groups is 3. The van der Waals surface area contributed by atoms with Crippen molar-refractivity contribution in [1.82, 2.24) is 9.80 Å². The van der Waals surface area contributed by atoms with Gasteiger partial charge in [-0.2, -0.15) is 0 Å². The average Bonchev–Trinajstić information content (AvgIpc) is 3.20. The highest BCUT2D eigenvalue weighted by Crippen LogP contribution is 2.12. The lowest BCUT2D eigenvalue weighted by Crippen LogP contribution is -2.51. The van der Waals surface area contributed by atoms with Crippen LogP contribution in [0.1, 0.15) is 20.9 Å². The molecule has 1 N–H and O–H groups in total. The number of esters is 1. The molecule has 1 fully saturated rings. The van der Waals surface area contributed by atoms with Gasteiger partial charge in [-0.05, 0) is 36.4 Å². The molecule has 0 atom stereocenters. The van der Waals surface area contributed by atoms with Crippen molar-refractivity contribution in [3.05, 3.63) is 54.0 Å². The zero-order chi connectivity index (χ0) is 18.5. The molecule has 136 valence electrons. The molecular formula is C18H18N2O6. The lowest BCUT2D eigenvalue weighted by atomic mass is 10.2. The second-order valence-corrected chi connectivity index (χ2v) is 5.77. The van der Waals surface area contributed by atoms with Crippen LogP contribution in [0.4, 0.5) is 0 Å². The molecule has 8 nitrogen and oxygen atoms in total. The van der Waals surface area contributed by atoms with Crippen LogP contribution in [0.25, 0.3) is 0 Å². The van der Waals surface area contributed by atoms with Gasteiger partial charge in [0.2, 0.25) is 0 Å². The zero-order valence-corrected chi connectivity index (χ0v) is 14.0. The van der Waals surface area contributed by atoms with Crippen LogP contribution in [-0.4, -0.2) is 65.5 Å². The maximum absolute atomic E-state index is 12.2. The standard InChI is InChI=1S/C18H18N2O6/c21-14-5-3-13(4-6-14)18(24)26-12-16(22)19-7-9-20(10-8-19)17(23)15-2-1-11-25-15/h1-6,11,21H,7-10,12H2. The number of ether oxygens (including phenoxy) is 1. The van der Waals surface area contributed by atoms with Crippen molar-refractivity contribution in [2.45, 2.75) is 0 Å². The predicted molar refractivity (Wildman–Crippen MR) is 89.6 cm³/mol. The first-order valence-electron chi connectivity index (χ1n) is 8.11. The summed E-state index contributed by atoms with van der Waals surface area (Å²) in [5, 5.41) is 9.20. The molecule has 3 rings (SSSR count). The molecule has 0 unspecified atom stereocenters. The lowest BCUT2D eigenvalue weighted by Gasteiger charge is -2.34. The van der Waals surface area contributed by atoms with E-state index in [0.29, 0.717) is 26.2 Å². The first kappa shape index (κ1) is 17.5. The molecule has 0 bridgehead atoms. The van der Waals surface area contributed by atoms with E-state index in [-0.39, 0.29) is 35.5 Å². The van der Waals surface area contributed by atoms with Crippen molar-refractivity contribution in [3.63, 3.8) is 0 Å². The highest BCUT2D eigenvalue weighted by Gasteiger charge is 2.26. The number of benzene rings is 1. The zero-order valence-electron chi connectivity index (χ0n) is 14.0. The quantitative estimate of drug-likeness (QED) is 0.823. The van der Waals surface area contributed by atoms with Crippen molar-refractivity contribution in [1.29, 1.82) is 0 Å². The van der Waals surface area contributed by atoms with Gasteiger partial charge in [0.05, 0.1) is 11.8 Å². The Balaban J connectivity index is 1.45. The summed E-state index contributed by atoms with van der Waals surface area (Å²) in [6.45, 7) is 1.13. The third-order valence-electron chi connectivity index (χ3n) is 4.08. The Bertz CT molecular complexity index is 777. The van der Waals surface area contributed by atoms with E-state index in [4.69, 9.17) is 9.15 Å². The number of hydrogen-bond acceptors (Lipinski definition) is 6. The van der Waals surface area contributed by atoms with Crippen LogP contribution in [0.3, 0.4) is 0 Å². The number of phenolic OH excluding ortho intramolecular Hbond substituents is 1. The van der Waals surface area contributed by atoms with Crippen LogP contribution in [0.2, 0.25) is 0 Å². The summed E-state index contributed by atoms with van der Waals surface area (Å²) in [5.74, 6) is -0.847. The van der Waals surface area contributed by atoms with Crippen LogP contribution in [-0.2, 0) is 9.53 Å². The fourth-order valence-corrected chi connectivity index (χ4v) is 2.61. The first-order valence-corrected chi connectivity index (χ1v) is 8.11. The fraction of sp³-hybridized carbons (Fsp3) is 0.278. The van der Waals surface area contributed by atoms with E-state index in [0.717, 1.165) is 0 Å². The fourth-order valence-electron chi connectivity index (χ4n) is 2.61. The minimum Gasteiger partial charge on any atom is -0.508 e. The highest BCUT2D eigenvalue weighted by atomic mass is 16.5. The summed E-state index contributed by atoms with van der Waals surface area (Å²) in [7, 11) is 0. The molecule has 26 heavy (non-hydrogen) atoms. The van der Waals surface area contributed by atoms with E-state index >= 15 is 0 Å². The van der Waals surface area contributed by atoms with E-state index < -0.39 is 5.97 Å². The van der Waals surface area contributed by atoms with Gasteiger partial charge in [0.15, 0.2) is 12.4 Å². The van der Waals surface area contributed by atoms with Crippen molar-refractivity contribution in [2.24, 2.45) is 0 Å². The number of nitrogens with zero attached hydrogens (tertiary/aromatic N) is 2. The molecule has 2 amide bonds. The summed E-state index contributed by atoms with van der Waals surface area (Å²) in [6, 6.07) is 8.82. The Morgan fingerprint density at radius 2 is 1.65 bits per heavy atom. The van der Waals surface area contributed by atoms with E-state index in [1.807, 2.05) is 0 Å². The number of aromatic hydroxyl groups is 1. The SMILES string of the molecule is O=C(OCC(=O)N1CCN(C(=O)c2ccco2)CC1)c1ccc(O)cc1. The van der Waals surface area contributed by atoms with Gasteiger partial charge in [0, 0.05) is 26.2 Å². The maximum Gasteiger partial charge on any atom is 0.338 e.